The molecule has 174 valence electrons. The summed E-state index contributed by atoms with van der Waals surface area (Å²) in [5.41, 5.74) is 7.84. The molecule has 0 unspecified atom stereocenters. The molecule has 0 saturated carbocycles. The van der Waals surface area contributed by atoms with Crippen LogP contribution in [0.15, 0.2) is 85.1 Å². The van der Waals surface area contributed by atoms with E-state index in [0.29, 0.717) is 0 Å². The zero-order chi connectivity index (χ0) is 23.6. The normalized spacial score (nSPS) is 14.5. The van der Waals surface area contributed by atoms with Crippen molar-refractivity contribution >= 4 is 0 Å². The van der Waals surface area contributed by atoms with Crippen molar-refractivity contribution in [3.63, 3.8) is 0 Å². The lowest BCUT2D eigenvalue weighted by molar-refractivity contribution is 0.337. The predicted octanol–water partition coefficient (Wildman–Crippen LogP) is 5.45. The third-order valence-electron chi connectivity index (χ3n) is 5.85. The first-order chi connectivity index (χ1) is 16.0. The largest absolute Gasteiger partial charge is 0.388 e. The van der Waals surface area contributed by atoms with Crippen LogP contribution < -0.4 is 5.32 Å². The van der Waals surface area contributed by atoms with Gasteiger partial charge in [0, 0.05) is 60.4 Å². The van der Waals surface area contributed by atoms with Crippen molar-refractivity contribution in [3.05, 3.63) is 96.4 Å². The lowest BCUT2D eigenvalue weighted by Gasteiger charge is -2.21. The maximum Gasteiger partial charge on any atom is 0.0901 e. The molecule has 1 fully saturated rings. The molecule has 0 aliphatic carbocycles. The van der Waals surface area contributed by atoms with Crippen LogP contribution in [0.4, 0.5) is 0 Å². The van der Waals surface area contributed by atoms with Crippen molar-refractivity contribution in [1.29, 1.82) is 0 Å². The zero-order valence-corrected chi connectivity index (χ0v) is 20.3. The summed E-state index contributed by atoms with van der Waals surface area (Å²) < 4.78 is 0. The van der Waals surface area contributed by atoms with Crippen LogP contribution in [0.1, 0.15) is 37.9 Å². The molecule has 0 atom stereocenters. The van der Waals surface area contributed by atoms with Gasteiger partial charge in [-0.1, -0.05) is 32.6 Å². The van der Waals surface area contributed by atoms with Crippen molar-refractivity contribution in [2.24, 2.45) is 0 Å². The molecular formula is C28H37N5. The number of aromatic nitrogens is 2. The summed E-state index contributed by atoms with van der Waals surface area (Å²) in [6.07, 6.45) is 13.2. The summed E-state index contributed by atoms with van der Waals surface area (Å²) in [4.78, 5) is 13.6. The minimum atomic E-state index is 0.875. The molecule has 0 aromatic carbocycles. The number of pyridine rings is 2. The van der Waals surface area contributed by atoms with E-state index in [1.807, 2.05) is 31.5 Å². The molecule has 1 saturated heterocycles. The lowest BCUT2D eigenvalue weighted by Crippen LogP contribution is -2.23. The van der Waals surface area contributed by atoms with Gasteiger partial charge in [-0.15, -0.1) is 0 Å². The number of allylic oxidation sites excluding steroid dienone is 5. The Labute approximate surface area is 199 Å². The van der Waals surface area contributed by atoms with Crippen LogP contribution in [0, 0.1) is 6.92 Å². The van der Waals surface area contributed by atoms with Crippen LogP contribution in [0.2, 0.25) is 0 Å². The molecule has 5 nitrogen and oxygen atoms in total. The molecular weight excluding hydrogens is 406 g/mol. The Bertz CT molecular complexity index is 1000. The van der Waals surface area contributed by atoms with Gasteiger partial charge in [0.15, 0.2) is 0 Å². The van der Waals surface area contributed by atoms with E-state index < -0.39 is 0 Å². The van der Waals surface area contributed by atoms with Crippen LogP contribution in [-0.4, -0.2) is 46.1 Å². The first-order valence-electron chi connectivity index (χ1n) is 11.8. The molecule has 1 aliphatic heterocycles. The molecule has 3 rings (SSSR count). The first-order valence-corrected chi connectivity index (χ1v) is 11.8. The molecule has 2 aromatic rings. The van der Waals surface area contributed by atoms with E-state index in [2.05, 4.69) is 82.4 Å². The third-order valence-corrected chi connectivity index (χ3v) is 5.85. The van der Waals surface area contributed by atoms with Crippen LogP contribution in [-0.2, 0) is 6.42 Å². The molecule has 33 heavy (non-hydrogen) atoms. The second-order valence-electron chi connectivity index (χ2n) is 8.56. The molecule has 2 aromatic heterocycles. The van der Waals surface area contributed by atoms with Gasteiger partial charge in [-0.3, -0.25) is 9.97 Å². The Hall–Kier alpha value is -3.34. The third kappa shape index (κ3) is 7.07. The first kappa shape index (κ1) is 24.3. The highest BCUT2D eigenvalue weighted by atomic mass is 15.4. The van der Waals surface area contributed by atoms with E-state index in [9.17, 15) is 0 Å². The van der Waals surface area contributed by atoms with E-state index in [1.54, 1.807) is 0 Å². The van der Waals surface area contributed by atoms with Gasteiger partial charge in [-0.05, 0) is 68.7 Å². The number of hydrogen-bond acceptors (Lipinski definition) is 5. The second kappa shape index (κ2) is 12.0. The Morgan fingerprint density at radius 3 is 2.61 bits per heavy atom. The lowest BCUT2D eigenvalue weighted by atomic mass is 10.1. The topological polar surface area (TPSA) is 44.3 Å². The van der Waals surface area contributed by atoms with Gasteiger partial charge in [0.1, 0.15) is 0 Å². The summed E-state index contributed by atoms with van der Waals surface area (Å²) in [7, 11) is 0. The highest BCUT2D eigenvalue weighted by Crippen LogP contribution is 2.18. The van der Waals surface area contributed by atoms with Crippen LogP contribution in [0.3, 0.4) is 0 Å². The highest BCUT2D eigenvalue weighted by Gasteiger charge is 2.19. The predicted molar refractivity (Wildman–Crippen MR) is 138 cm³/mol. The maximum absolute atomic E-state index is 4.65. The van der Waals surface area contributed by atoms with Crippen LogP contribution in [0.25, 0.3) is 11.3 Å². The SMILES string of the molecule is C=C/C(=C\C=C(/CCC)NCCc1ccc(-c2ccnc(C)c2)nc1)N1CCN(C(=C)C)C1. The Morgan fingerprint density at radius 1 is 1.15 bits per heavy atom. The number of hydrogen-bond donors (Lipinski definition) is 1. The highest BCUT2D eigenvalue weighted by molar-refractivity contribution is 5.58. The molecule has 0 amide bonds. The summed E-state index contributed by atoms with van der Waals surface area (Å²) in [6, 6.07) is 8.33. The smallest absolute Gasteiger partial charge is 0.0901 e. The standard InChI is InChI=1S/C28H37N5/c1-6-8-26(10-11-27(7-2)33-18-17-32(21-33)22(3)4)30-15-13-24-9-12-28(31-20-24)25-14-16-29-23(5)19-25/h7,9-12,14,16,19-20,30H,2-3,6,8,13,15,17-18,21H2,1,4-5H3/b26-10+,27-11+. The Morgan fingerprint density at radius 2 is 1.97 bits per heavy atom. The number of aryl methyl sites for hydroxylation is 1. The Balaban J connectivity index is 1.57. The van der Waals surface area contributed by atoms with E-state index >= 15 is 0 Å². The van der Waals surface area contributed by atoms with Crippen molar-refractivity contribution in [3.8, 4) is 11.3 Å². The summed E-state index contributed by atoms with van der Waals surface area (Å²) >= 11 is 0. The van der Waals surface area contributed by atoms with E-state index in [-0.39, 0.29) is 0 Å². The fourth-order valence-electron chi connectivity index (χ4n) is 3.92. The van der Waals surface area contributed by atoms with Gasteiger partial charge in [-0.25, -0.2) is 0 Å². The molecule has 1 N–H and O–H groups in total. The maximum atomic E-state index is 4.65. The van der Waals surface area contributed by atoms with Crippen LogP contribution in [0.5, 0.6) is 0 Å². The summed E-state index contributed by atoms with van der Waals surface area (Å²) in [5.74, 6) is 0. The Kier molecular flexibility index (Phi) is 8.87. The molecule has 0 radical (unpaired) electrons. The van der Waals surface area contributed by atoms with E-state index in [4.69, 9.17) is 0 Å². The molecule has 1 aliphatic rings. The van der Waals surface area contributed by atoms with Gasteiger partial charge in [0.05, 0.1) is 12.4 Å². The van der Waals surface area contributed by atoms with Crippen molar-refractivity contribution in [1.82, 2.24) is 25.1 Å². The number of nitrogens with zero attached hydrogens (tertiary/aromatic N) is 4. The van der Waals surface area contributed by atoms with Crippen LogP contribution >= 0.6 is 0 Å². The van der Waals surface area contributed by atoms with Crippen molar-refractivity contribution in [2.45, 2.75) is 40.0 Å². The number of rotatable bonds is 11. The van der Waals surface area contributed by atoms with Gasteiger partial charge < -0.3 is 15.1 Å². The van der Waals surface area contributed by atoms with Gasteiger partial charge in [-0.2, -0.15) is 0 Å². The minimum Gasteiger partial charge on any atom is -0.388 e. The van der Waals surface area contributed by atoms with E-state index in [1.165, 1.54) is 11.3 Å². The summed E-state index contributed by atoms with van der Waals surface area (Å²) in [5, 5.41) is 3.62. The molecule has 3 heterocycles. The summed E-state index contributed by atoms with van der Waals surface area (Å²) in [6.45, 7) is 18.1. The molecule has 0 spiro atoms. The fourth-order valence-corrected chi connectivity index (χ4v) is 3.92. The monoisotopic (exact) mass is 443 g/mol. The molecule has 0 bridgehead atoms. The minimum absolute atomic E-state index is 0.875. The van der Waals surface area contributed by atoms with Crippen molar-refractivity contribution in [2.75, 3.05) is 26.3 Å². The van der Waals surface area contributed by atoms with Gasteiger partial charge in [0.2, 0.25) is 0 Å². The average molecular weight is 444 g/mol. The fraction of sp³-hybridized carbons (Fsp3) is 0.357. The van der Waals surface area contributed by atoms with Gasteiger partial charge >= 0.3 is 0 Å². The van der Waals surface area contributed by atoms with Gasteiger partial charge in [0.25, 0.3) is 0 Å². The van der Waals surface area contributed by atoms with Crippen molar-refractivity contribution < 1.29 is 0 Å². The average Bonchev–Trinajstić information content (AvgIpc) is 3.30. The number of nitrogens with one attached hydrogen (secondary N) is 1. The molecule has 5 heteroatoms. The van der Waals surface area contributed by atoms with E-state index in [0.717, 1.165) is 73.9 Å². The second-order valence-corrected chi connectivity index (χ2v) is 8.56. The zero-order valence-electron chi connectivity index (χ0n) is 20.3. The quantitative estimate of drug-likeness (QED) is 0.468.